The molecule has 6 heteroatoms. The summed E-state index contributed by atoms with van der Waals surface area (Å²) in [4.78, 5) is 13.8. The van der Waals surface area contributed by atoms with Crippen molar-refractivity contribution in [1.82, 2.24) is 4.90 Å². The van der Waals surface area contributed by atoms with Crippen LogP contribution in [0.25, 0.3) is 0 Å². The molecule has 1 aliphatic heterocycles. The van der Waals surface area contributed by atoms with Gasteiger partial charge in [0.25, 0.3) is 5.91 Å². The highest BCUT2D eigenvalue weighted by Gasteiger charge is 2.45. The molecule has 0 saturated carbocycles. The Kier molecular flexibility index (Phi) is 3.48. The molecule has 2 rings (SSSR count). The first-order valence-electron chi connectivity index (χ1n) is 5.66. The predicted molar refractivity (Wildman–Crippen MR) is 72.2 cm³/mol. The Hall–Kier alpha value is -1.28. The maximum absolute atomic E-state index is 12.4. The van der Waals surface area contributed by atoms with Crippen LogP contribution in [0.2, 0.25) is 10.0 Å². The molecule has 4 nitrogen and oxygen atoms in total. The number of benzene rings is 1. The van der Waals surface area contributed by atoms with Crippen LogP contribution in [-0.4, -0.2) is 28.1 Å². The van der Waals surface area contributed by atoms with Gasteiger partial charge < -0.3 is 10.0 Å². The van der Waals surface area contributed by atoms with Crippen molar-refractivity contribution in [2.24, 2.45) is 0 Å². The van der Waals surface area contributed by atoms with Crippen LogP contribution in [0.3, 0.4) is 0 Å². The molecule has 0 radical (unpaired) electrons. The van der Waals surface area contributed by atoms with Crippen molar-refractivity contribution in [3.63, 3.8) is 0 Å². The fourth-order valence-corrected chi connectivity index (χ4v) is 2.84. The summed E-state index contributed by atoms with van der Waals surface area (Å²) in [6.45, 7) is 3.13. The van der Waals surface area contributed by atoms with E-state index in [1.54, 1.807) is 13.8 Å². The summed E-state index contributed by atoms with van der Waals surface area (Å²) in [5.74, 6) is -0.343. The van der Waals surface area contributed by atoms with Gasteiger partial charge in [0.2, 0.25) is 0 Å². The lowest BCUT2D eigenvalue weighted by Gasteiger charge is -2.36. The second-order valence-electron chi connectivity index (χ2n) is 5.03. The van der Waals surface area contributed by atoms with E-state index in [0.717, 1.165) is 0 Å². The molecule has 0 bridgehead atoms. The first-order chi connectivity index (χ1) is 8.83. The third-order valence-electron chi connectivity index (χ3n) is 3.24. The molecule has 0 spiro atoms. The maximum Gasteiger partial charge on any atom is 0.256 e. The fraction of sp³-hybridized carbons (Fsp3) is 0.385. The summed E-state index contributed by atoms with van der Waals surface area (Å²) >= 11 is 12.0. The number of carbonyl (C=O) groups excluding carboxylic acids is 1. The lowest BCUT2D eigenvalue weighted by Crippen LogP contribution is -2.48. The summed E-state index contributed by atoms with van der Waals surface area (Å²) in [6, 6.07) is 4.27. The Bertz CT molecular complexity index is 593. The number of rotatable bonds is 2. The predicted octanol–water partition coefficient (Wildman–Crippen LogP) is 2.78. The molecule has 1 amide bonds. The monoisotopic (exact) mass is 298 g/mol. The molecular formula is C13H12Cl2N2O2. The number of fused-ring (bicyclic) bond motifs is 1. The molecule has 0 aliphatic carbocycles. The molecule has 1 N–H and O–H groups in total. The lowest BCUT2D eigenvalue weighted by molar-refractivity contribution is 0.0337. The Morgan fingerprint density at radius 3 is 2.63 bits per heavy atom. The zero-order valence-electron chi connectivity index (χ0n) is 10.4. The number of nitriles is 1. The van der Waals surface area contributed by atoms with Crippen molar-refractivity contribution in [2.75, 3.05) is 6.61 Å². The Balaban J connectivity index is 2.65. The van der Waals surface area contributed by atoms with Gasteiger partial charge in [-0.3, -0.25) is 4.79 Å². The van der Waals surface area contributed by atoms with E-state index in [2.05, 4.69) is 6.07 Å². The zero-order valence-corrected chi connectivity index (χ0v) is 12.0. The van der Waals surface area contributed by atoms with Crippen molar-refractivity contribution in [3.8, 4) is 6.07 Å². The third-order valence-corrected chi connectivity index (χ3v) is 3.77. The van der Waals surface area contributed by atoms with Gasteiger partial charge in [-0.15, -0.1) is 0 Å². The average molecular weight is 299 g/mol. The van der Waals surface area contributed by atoms with Gasteiger partial charge in [-0.05, 0) is 26.0 Å². The van der Waals surface area contributed by atoms with Crippen LogP contribution in [0.15, 0.2) is 12.1 Å². The van der Waals surface area contributed by atoms with Crippen LogP contribution in [0.1, 0.15) is 35.8 Å². The normalized spacial score (nSPS) is 18.4. The second kappa shape index (κ2) is 4.68. The number of hydrogen-bond donors (Lipinski definition) is 1. The maximum atomic E-state index is 12.4. The van der Waals surface area contributed by atoms with Crippen LogP contribution >= 0.6 is 23.2 Å². The zero-order chi connectivity index (χ0) is 14.4. The minimum atomic E-state index is -0.855. The van der Waals surface area contributed by atoms with E-state index in [1.165, 1.54) is 17.0 Å². The van der Waals surface area contributed by atoms with Crippen molar-refractivity contribution in [1.29, 1.82) is 5.26 Å². The Morgan fingerprint density at radius 2 is 2.11 bits per heavy atom. The van der Waals surface area contributed by atoms with Crippen LogP contribution in [-0.2, 0) is 0 Å². The van der Waals surface area contributed by atoms with Crippen molar-refractivity contribution >= 4 is 29.1 Å². The number of aliphatic hydroxyl groups excluding tert-OH is 1. The molecule has 0 fully saturated rings. The SMILES string of the molecule is CC(C)(CO)N1C(=O)c2cc(Cl)cc(Cl)c2C1C#N. The number of aliphatic hydroxyl groups is 1. The minimum absolute atomic E-state index is 0.254. The molecule has 1 aromatic carbocycles. The number of halogens is 2. The number of nitrogens with zero attached hydrogens (tertiary/aromatic N) is 2. The van der Waals surface area contributed by atoms with E-state index in [9.17, 15) is 15.2 Å². The van der Waals surface area contributed by atoms with E-state index >= 15 is 0 Å². The van der Waals surface area contributed by atoms with E-state index in [0.29, 0.717) is 21.2 Å². The van der Waals surface area contributed by atoms with Crippen LogP contribution in [0.4, 0.5) is 0 Å². The van der Waals surface area contributed by atoms with E-state index < -0.39 is 11.6 Å². The molecule has 19 heavy (non-hydrogen) atoms. The van der Waals surface area contributed by atoms with Crippen LogP contribution in [0, 0.1) is 11.3 Å². The van der Waals surface area contributed by atoms with Gasteiger partial charge in [0, 0.05) is 21.2 Å². The number of hydrogen-bond acceptors (Lipinski definition) is 3. The molecule has 100 valence electrons. The first kappa shape index (κ1) is 14.1. The van der Waals surface area contributed by atoms with E-state index in [1.807, 2.05) is 0 Å². The highest BCUT2D eigenvalue weighted by molar-refractivity contribution is 6.36. The van der Waals surface area contributed by atoms with Crippen LogP contribution < -0.4 is 0 Å². The fourth-order valence-electron chi connectivity index (χ4n) is 2.24. The molecule has 1 atom stereocenters. The van der Waals surface area contributed by atoms with Gasteiger partial charge in [-0.25, -0.2) is 0 Å². The van der Waals surface area contributed by atoms with Crippen molar-refractivity contribution in [2.45, 2.75) is 25.4 Å². The molecule has 1 aromatic rings. The Morgan fingerprint density at radius 1 is 1.47 bits per heavy atom. The topological polar surface area (TPSA) is 64.3 Å². The summed E-state index contributed by atoms with van der Waals surface area (Å²) < 4.78 is 0. The quantitative estimate of drug-likeness (QED) is 0.913. The molecule has 1 unspecified atom stereocenters. The highest BCUT2D eigenvalue weighted by atomic mass is 35.5. The van der Waals surface area contributed by atoms with E-state index in [4.69, 9.17) is 23.2 Å². The van der Waals surface area contributed by atoms with Gasteiger partial charge in [0.05, 0.1) is 18.2 Å². The average Bonchev–Trinajstić information content (AvgIpc) is 2.63. The van der Waals surface area contributed by atoms with E-state index in [-0.39, 0.29) is 12.5 Å². The van der Waals surface area contributed by atoms with Crippen LogP contribution in [0.5, 0.6) is 0 Å². The van der Waals surface area contributed by atoms with Crippen molar-refractivity contribution < 1.29 is 9.90 Å². The van der Waals surface area contributed by atoms with Gasteiger partial charge >= 0.3 is 0 Å². The number of carbonyl (C=O) groups is 1. The Labute approximate surface area is 121 Å². The molecule has 1 aliphatic rings. The smallest absolute Gasteiger partial charge is 0.256 e. The van der Waals surface area contributed by atoms with Gasteiger partial charge in [-0.2, -0.15) is 5.26 Å². The summed E-state index contributed by atoms with van der Waals surface area (Å²) in [6.07, 6.45) is 0. The summed E-state index contributed by atoms with van der Waals surface area (Å²) in [5, 5.41) is 19.4. The molecule has 0 aromatic heterocycles. The second-order valence-corrected chi connectivity index (χ2v) is 5.87. The lowest BCUT2D eigenvalue weighted by atomic mass is 10.0. The summed E-state index contributed by atoms with van der Waals surface area (Å²) in [7, 11) is 0. The largest absolute Gasteiger partial charge is 0.394 e. The molecule has 1 heterocycles. The third kappa shape index (κ3) is 2.08. The van der Waals surface area contributed by atoms with Gasteiger partial charge in [-0.1, -0.05) is 23.2 Å². The molecule has 0 saturated heterocycles. The van der Waals surface area contributed by atoms with Crippen molar-refractivity contribution in [3.05, 3.63) is 33.3 Å². The minimum Gasteiger partial charge on any atom is -0.394 e. The first-order valence-corrected chi connectivity index (χ1v) is 6.42. The van der Waals surface area contributed by atoms with Gasteiger partial charge in [0.1, 0.15) is 6.04 Å². The summed E-state index contributed by atoms with van der Waals surface area (Å²) in [5.41, 5.74) is -0.0718. The highest BCUT2D eigenvalue weighted by Crippen LogP contribution is 2.42. The standard InChI is InChI=1S/C13H12Cl2N2O2/c1-13(2,6-18)17-10(5-16)11-8(12(17)19)3-7(14)4-9(11)15/h3-4,10,18H,6H2,1-2H3. The molecular weight excluding hydrogens is 287 g/mol. The van der Waals surface area contributed by atoms with Gasteiger partial charge in [0.15, 0.2) is 0 Å². The number of amides is 1.